The highest BCUT2D eigenvalue weighted by molar-refractivity contribution is 6.36. The molecule has 0 spiro atoms. The van der Waals surface area contributed by atoms with Gasteiger partial charge >= 0.3 is 0 Å². The third-order valence-electron chi connectivity index (χ3n) is 3.35. The van der Waals surface area contributed by atoms with E-state index in [2.05, 4.69) is 4.98 Å². The Bertz CT molecular complexity index is 793. The second kappa shape index (κ2) is 5.09. The van der Waals surface area contributed by atoms with Gasteiger partial charge in [0.05, 0.1) is 16.1 Å². The molecule has 3 nitrogen and oxygen atoms in total. The number of fused-ring (bicyclic) bond motifs is 1. The van der Waals surface area contributed by atoms with E-state index in [1.165, 1.54) is 0 Å². The lowest BCUT2D eigenvalue weighted by Gasteiger charge is -2.05. The molecule has 0 aliphatic heterocycles. The SMILES string of the molecule is Cn1c(-c2ccc(Cl)cc2Cl)nc2cc(CN)ccc21. The van der Waals surface area contributed by atoms with Gasteiger partial charge in [-0.2, -0.15) is 0 Å². The van der Waals surface area contributed by atoms with Gasteiger partial charge in [-0.25, -0.2) is 4.98 Å². The van der Waals surface area contributed by atoms with Crippen LogP contribution < -0.4 is 5.73 Å². The molecule has 1 aromatic heterocycles. The first-order valence-corrected chi connectivity index (χ1v) is 6.96. The van der Waals surface area contributed by atoms with Gasteiger partial charge in [-0.15, -0.1) is 0 Å². The molecule has 3 rings (SSSR count). The molecule has 0 fully saturated rings. The molecule has 0 unspecified atom stereocenters. The zero-order chi connectivity index (χ0) is 14.3. The van der Waals surface area contributed by atoms with Gasteiger partial charge in [-0.1, -0.05) is 29.3 Å². The van der Waals surface area contributed by atoms with Gasteiger partial charge in [-0.05, 0) is 35.9 Å². The first-order valence-electron chi connectivity index (χ1n) is 6.21. The Hall–Kier alpha value is -1.55. The molecular formula is C15H13Cl2N3. The molecule has 0 atom stereocenters. The second-order valence-electron chi connectivity index (χ2n) is 4.65. The maximum atomic E-state index is 6.26. The van der Waals surface area contributed by atoms with E-state index in [0.29, 0.717) is 16.6 Å². The van der Waals surface area contributed by atoms with E-state index in [9.17, 15) is 0 Å². The van der Waals surface area contributed by atoms with Gasteiger partial charge in [-0.3, -0.25) is 0 Å². The fourth-order valence-corrected chi connectivity index (χ4v) is 2.78. The molecule has 0 amide bonds. The largest absolute Gasteiger partial charge is 0.327 e. The molecule has 3 aromatic rings. The average Bonchev–Trinajstić information content (AvgIpc) is 2.75. The Balaban J connectivity index is 2.23. The fraction of sp³-hybridized carbons (Fsp3) is 0.133. The summed E-state index contributed by atoms with van der Waals surface area (Å²) in [6.07, 6.45) is 0. The third kappa shape index (κ3) is 2.18. The van der Waals surface area contributed by atoms with Crippen molar-refractivity contribution in [3.05, 3.63) is 52.0 Å². The van der Waals surface area contributed by atoms with Crippen LogP contribution in [-0.2, 0) is 13.6 Å². The summed E-state index contributed by atoms with van der Waals surface area (Å²) >= 11 is 12.2. The number of halogens is 2. The van der Waals surface area contributed by atoms with Crippen LogP contribution >= 0.6 is 23.2 Å². The maximum Gasteiger partial charge on any atom is 0.142 e. The molecule has 2 aromatic carbocycles. The summed E-state index contributed by atoms with van der Waals surface area (Å²) in [5.41, 5.74) is 9.55. The van der Waals surface area contributed by atoms with E-state index in [4.69, 9.17) is 28.9 Å². The zero-order valence-corrected chi connectivity index (χ0v) is 12.4. The zero-order valence-electron chi connectivity index (χ0n) is 10.9. The molecule has 20 heavy (non-hydrogen) atoms. The topological polar surface area (TPSA) is 43.8 Å². The molecule has 0 radical (unpaired) electrons. The Morgan fingerprint density at radius 1 is 1.15 bits per heavy atom. The van der Waals surface area contributed by atoms with Crippen LogP contribution in [0.2, 0.25) is 10.0 Å². The second-order valence-corrected chi connectivity index (χ2v) is 5.49. The number of aromatic nitrogens is 2. The molecule has 2 N–H and O–H groups in total. The summed E-state index contributed by atoms with van der Waals surface area (Å²) in [5, 5.41) is 1.21. The summed E-state index contributed by atoms with van der Waals surface area (Å²) in [6, 6.07) is 11.5. The van der Waals surface area contributed by atoms with Crippen molar-refractivity contribution >= 4 is 34.2 Å². The molecule has 1 heterocycles. The van der Waals surface area contributed by atoms with Crippen molar-refractivity contribution in [1.29, 1.82) is 0 Å². The number of imidazole rings is 1. The molecule has 0 saturated heterocycles. The lowest BCUT2D eigenvalue weighted by molar-refractivity contribution is 0.959. The van der Waals surface area contributed by atoms with Crippen LogP contribution in [0.15, 0.2) is 36.4 Å². The average molecular weight is 306 g/mol. The van der Waals surface area contributed by atoms with Gasteiger partial charge in [0.2, 0.25) is 0 Å². The van der Waals surface area contributed by atoms with Gasteiger partial charge < -0.3 is 10.3 Å². The van der Waals surface area contributed by atoms with E-state index in [1.54, 1.807) is 6.07 Å². The van der Waals surface area contributed by atoms with Gasteiger partial charge in [0.15, 0.2) is 0 Å². The van der Waals surface area contributed by atoms with Crippen molar-refractivity contribution in [3.8, 4) is 11.4 Å². The smallest absolute Gasteiger partial charge is 0.142 e. The minimum absolute atomic E-state index is 0.504. The van der Waals surface area contributed by atoms with Crippen molar-refractivity contribution in [3.63, 3.8) is 0 Å². The molecular weight excluding hydrogens is 293 g/mol. The summed E-state index contributed by atoms with van der Waals surface area (Å²) in [7, 11) is 1.97. The summed E-state index contributed by atoms with van der Waals surface area (Å²) in [6.45, 7) is 0.504. The van der Waals surface area contributed by atoms with E-state index < -0.39 is 0 Å². The molecule has 102 valence electrons. The normalized spacial score (nSPS) is 11.2. The van der Waals surface area contributed by atoms with Crippen LogP contribution in [0.4, 0.5) is 0 Å². The van der Waals surface area contributed by atoms with Crippen LogP contribution in [0.1, 0.15) is 5.56 Å². The number of nitrogens with zero attached hydrogens (tertiary/aromatic N) is 2. The molecule has 0 saturated carbocycles. The first-order chi connectivity index (χ1) is 9.60. The number of rotatable bonds is 2. The summed E-state index contributed by atoms with van der Waals surface area (Å²) in [4.78, 5) is 4.66. The third-order valence-corrected chi connectivity index (χ3v) is 3.90. The predicted molar refractivity (Wildman–Crippen MR) is 84.1 cm³/mol. The minimum atomic E-state index is 0.504. The van der Waals surface area contributed by atoms with Crippen molar-refractivity contribution in [1.82, 2.24) is 9.55 Å². The van der Waals surface area contributed by atoms with Gasteiger partial charge in [0, 0.05) is 24.2 Å². The summed E-state index contributed by atoms with van der Waals surface area (Å²) < 4.78 is 2.02. The molecule has 0 aliphatic carbocycles. The van der Waals surface area contributed by atoms with E-state index >= 15 is 0 Å². The van der Waals surface area contributed by atoms with E-state index in [0.717, 1.165) is 28.0 Å². The Morgan fingerprint density at radius 2 is 1.95 bits per heavy atom. The number of hydrogen-bond acceptors (Lipinski definition) is 2. The van der Waals surface area contributed by atoms with Crippen molar-refractivity contribution < 1.29 is 0 Å². The highest BCUT2D eigenvalue weighted by Gasteiger charge is 2.13. The lowest BCUT2D eigenvalue weighted by atomic mass is 10.2. The van der Waals surface area contributed by atoms with Crippen LogP contribution in [0.5, 0.6) is 0 Å². The highest BCUT2D eigenvalue weighted by atomic mass is 35.5. The van der Waals surface area contributed by atoms with Gasteiger partial charge in [0.25, 0.3) is 0 Å². The van der Waals surface area contributed by atoms with E-state index in [1.807, 2.05) is 41.9 Å². The van der Waals surface area contributed by atoms with Crippen molar-refractivity contribution in [2.75, 3.05) is 0 Å². The number of benzene rings is 2. The molecule has 0 aliphatic rings. The van der Waals surface area contributed by atoms with Crippen LogP contribution in [0.25, 0.3) is 22.4 Å². The first kappa shape index (κ1) is 13.4. The van der Waals surface area contributed by atoms with Crippen LogP contribution in [0, 0.1) is 0 Å². The van der Waals surface area contributed by atoms with Crippen molar-refractivity contribution in [2.24, 2.45) is 12.8 Å². The monoisotopic (exact) mass is 305 g/mol. The standard InChI is InChI=1S/C15H13Cl2N3/c1-20-14-5-2-9(8-18)6-13(14)19-15(20)11-4-3-10(16)7-12(11)17/h2-7H,8,18H2,1H3. The van der Waals surface area contributed by atoms with E-state index in [-0.39, 0.29) is 0 Å². The van der Waals surface area contributed by atoms with Crippen molar-refractivity contribution in [2.45, 2.75) is 6.54 Å². The minimum Gasteiger partial charge on any atom is -0.327 e. The quantitative estimate of drug-likeness (QED) is 0.777. The predicted octanol–water partition coefficient (Wildman–Crippen LogP) is 4.01. The Morgan fingerprint density at radius 3 is 2.65 bits per heavy atom. The lowest BCUT2D eigenvalue weighted by Crippen LogP contribution is -1.96. The van der Waals surface area contributed by atoms with Crippen LogP contribution in [0.3, 0.4) is 0 Å². The fourth-order valence-electron chi connectivity index (χ4n) is 2.28. The van der Waals surface area contributed by atoms with Gasteiger partial charge in [0.1, 0.15) is 5.82 Å². The molecule has 0 bridgehead atoms. The van der Waals surface area contributed by atoms with Crippen LogP contribution in [-0.4, -0.2) is 9.55 Å². The number of nitrogens with two attached hydrogens (primary N) is 1. The summed E-state index contributed by atoms with van der Waals surface area (Å²) in [5.74, 6) is 0.816. The Kier molecular flexibility index (Phi) is 3.42. The number of aryl methyl sites for hydroxylation is 1. The highest BCUT2D eigenvalue weighted by Crippen LogP contribution is 2.31. The Labute approximate surface area is 126 Å². The number of hydrogen-bond donors (Lipinski definition) is 1. The molecule has 5 heteroatoms. The maximum absolute atomic E-state index is 6.26.